The summed E-state index contributed by atoms with van der Waals surface area (Å²) >= 11 is 0. The van der Waals surface area contributed by atoms with E-state index in [0.29, 0.717) is 0 Å². The van der Waals surface area contributed by atoms with E-state index < -0.39 is 0 Å². The van der Waals surface area contributed by atoms with Crippen molar-refractivity contribution in [1.29, 1.82) is 0 Å². The van der Waals surface area contributed by atoms with Crippen LogP contribution in [0.3, 0.4) is 0 Å². The van der Waals surface area contributed by atoms with Crippen LogP contribution in [0.4, 0.5) is 0 Å². The molecule has 122 valence electrons. The summed E-state index contributed by atoms with van der Waals surface area (Å²) in [5, 5.41) is 0. The average molecular weight is 314 g/mol. The van der Waals surface area contributed by atoms with Crippen LogP contribution >= 0.6 is 0 Å². The van der Waals surface area contributed by atoms with E-state index in [2.05, 4.69) is 100 Å². The number of hydrogen-bond acceptors (Lipinski definition) is 0. The van der Waals surface area contributed by atoms with Crippen molar-refractivity contribution in [1.82, 2.24) is 0 Å². The smallest absolute Gasteiger partial charge is 0.0453 e. The fourth-order valence-corrected chi connectivity index (χ4v) is 3.98. The van der Waals surface area contributed by atoms with Crippen molar-refractivity contribution in [3.05, 3.63) is 106 Å². The molecule has 0 amide bonds. The molecule has 0 spiro atoms. The predicted octanol–water partition coefficient (Wildman–Crippen LogP) is 6.36. The molecule has 0 atom stereocenters. The molecule has 0 saturated carbocycles. The van der Waals surface area contributed by atoms with Gasteiger partial charge in [0.25, 0.3) is 0 Å². The van der Waals surface area contributed by atoms with Crippen molar-refractivity contribution < 1.29 is 0 Å². The number of benzene rings is 3. The van der Waals surface area contributed by atoms with E-state index in [-0.39, 0.29) is 5.41 Å². The van der Waals surface area contributed by atoms with Crippen LogP contribution in [0.2, 0.25) is 0 Å². The van der Waals surface area contributed by atoms with Gasteiger partial charge in [0, 0.05) is 5.41 Å². The van der Waals surface area contributed by atoms with Crippen molar-refractivity contribution in [2.24, 2.45) is 0 Å². The summed E-state index contributed by atoms with van der Waals surface area (Å²) in [4.78, 5) is 0. The second kappa shape index (κ2) is 6.65. The molecule has 0 radical (unpaired) electrons. The van der Waals surface area contributed by atoms with Gasteiger partial charge in [0.15, 0.2) is 0 Å². The minimum absolute atomic E-state index is 0.107. The lowest BCUT2D eigenvalue weighted by Crippen LogP contribution is -2.30. The molecule has 0 heterocycles. The third-order valence-electron chi connectivity index (χ3n) is 5.28. The summed E-state index contributed by atoms with van der Waals surface area (Å²) in [6, 6.07) is 26.7. The highest BCUT2D eigenvalue weighted by atomic mass is 14.4. The van der Waals surface area contributed by atoms with Gasteiger partial charge in [0.05, 0.1) is 0 Å². The van der Waals surface area contributed by atoms with Gasteiger partial charge in [-0.2, -0.15) is 0 Å². The summed E-state index contributed by atoms with van der Waals surface area (Å²) in [7, 11) is 0. The quantitative estimate of drug-likeness (QED) is 0.492. The van der Waals surface area contributed by atoms with Crippen LogP contribution in [0.15, 0.2) is 72.8 Å². The molecule has 0 heteroatoms. The highest BCUT2D eigenvalue weighted by molar-refractivity contribution is 5.55. The van der Waals surface area contributed by atoms with Crippen LogP contribution in [-0.2, 0) is 5.41 Å². The summed E-state index contributed by atoms with van der Waals surface area (Å²) in [6.07, 6.45) is 1.03. The molecule has 0 N–H and O–H groups in total. The van der Waals surface area contributed by atoms with Gasteiger partial charge in [-0.15, -0.1) is 0 Å². The zero-order chi connectivity index (χ0) is 17.2. The Labute approximate surface area is 146 Å². The van der Waals surface area contributed by atoms with Gasteiger partial charge in [-0.25, -0.2) is 0 Å². The Kier molecular flexibility index (Phi) is 4.57. The van der Waals surface area contributed by atoms with E-state index in [1.807, 2.05) is 0 Å². The van der Waals surface area contributed by atoms with Crippen LogP contribution in [-0.4, -0.2) is 0 Å². The Morgan fingerprint density at radius 1 is 0.625 bits per heavy atom. The topological polar surface area (TPSA) is 0 Å². The molecule has 0 aliphatic carbocycles. The molecular weight excluding hydrogens is 288 g/mol. The molecule has 0 fully saturated rings. The maximum atomic E-state index is 2.30. The molecule has 0 saturated heterocycles. The molecular formula is C24H26. The molecule has 3 rings (SSSR count). The van der Waals surface area contributed by atoms with E-state index in [1.54, 1.807) is 0 Å². The van der Waals surface area contributed by atoms with E-state index >= 15 is 0 Å². The van der Waals surface area contributed by atoms with Gasteiger partial charge in [0.2, 0.25) is 0 Å². The van der Waals surface area contributed by atoms with Crippen molar-refractivity contribution in [2.75, 3.05) is 0 Å². The first-order valence-corrected chi connectivity index (χ1v) is 8.79. The lowest BCUT2D eigenvalue weighted by molar-refractivity contribution is 0.586. The largest absolute Gasteiger partial charge is 0.0639 e. The molecule has 3 aromatic rings. The minimum atomic E-state index is -0.107. The van der Waals surface area contributed by atoms with E-state index in [1.165, 1.54) is 33.4 Å². The number of aryl methyl sites for hydroxylation is 3. The number of rotatable bonds is 4. The molecule has 0 aromatic heterocycles. The first-order valence-electron chi connectivity index (χ1n) is 8.79. The molecule has 0 nitrogen and oxygen atoms in total. The van der Waals surface area contributed by atoms with Gasteiger partial charge >= 0.3 is 0 Å². The van der Waals surface area contributed by atoms with Gasteiger partial charge in [0.1, 0.15) is 0 Å². The first-order chi connectivity index (χ1) is 11.6. The monoisotopic (exact) mass is 314 g/mol. The van der Waals surface area contributed by atoms with Crippen LogP contribution in [0.5, 0.6) is 0 Å². The summed E-state index contributed by atoms with van der Waals surface area (Å²) in [5.41, 5.74) is 8.09. The van der Waals surface area contributed by atoms with Gasteiger partial charge in [-0.1, -0.05) is 85.3 Å². The van der Waals surface area contributed by atoms with E-state index in [4.69, 9.17) is 0 Å². The maximum Gasteiger partial charge on any atom is 0.0453 e. The molecule has 0 aliphatic heterocycles. The third kappa shape index (κ3) is 2.67. The zero-order valence-electron chi connectivity index (χ0n) is 15.1. The normalized spacial score (nSPS) is 11.5. The van der Waals surface area contributed by atoms with Crippen LogP contribution in [0.25, 0.3) is 0 Å². The highest BCUT2D eigenvalue weighted by Crippen LogP contribution is 2.44. The second-order valence-corrected chi connectivity index (χ2v) is 6.75. The number of hydrogen-bond donors (Lipinski definition) is 0. The Hall–Kier alpha value is -2.34. The van der Waals surface area contributed by atoms with E-state index in [9.17, 15) is 0 Å². The summed E-state index contributed by atoms with van der Waals surface area (Å²) in [5.74, 6) is 0. The Morgan fingerprint density at radius 2 is 1.08 bits per heavy atom. The Balaban J connectivity index is 2.38. The van der Waals surface area contributed by atoms with Gasteiger partial charge in [-0.3, -0.25) is 0 Å². The van der Waals surface area contributed by atoms with Crippen LogP contribution < -0.4 is 0 Å². The highest BCUT2D eigenvalue weighted by Gasteiger charge is 2.36. The summed E-state index contributed by atoms with van der Waals surface area (Å²) in [6.45, 7) is 8.91. The van der Waals surface area contributed by atoms with Crippen molar-refractivity contribution >= 4 is 0 Å². The van der Waals surface area contributed by atoms with Crippen molar-refractivity contribution in [2.45, 2.75) is 39.5 Å². The Morgan fingerprint density at radius 3 is 1.50 bits per heavy atom. The first kappa shape index (κ1) is 16.5. The fraction of sp³-hybridized carbons (Fsp3) is 0.250. The average Bonchev–Trinajstić information content (AvgIpc) is 2.60. The van der Waals surface area contributed by atoms with E-state index in [0.717, 1.165) is 6.42 Å². The van der Waals surface area contributed by atoms with Gasteiger partial charge in [-0.05, 0) is 55.0 Å². The lowest BCUT2D eigenvalue weighted by Gasteiger charge is -2.37. The lowest BCUT2D eigenvalue weighted by atomic mass is 9.65. The third-order valence-corrected chi connectivity index (χ3v) is 5.28. The van der Waals surface area contributed by atoms with Crippen LogP contribution in [0, 0.1) is 20.8 Å². The molecule has 0 aliphatic rings. The van der Waals surface area contributed by atoms with Crippen molar-refractivity contribution in [3.63, 3.8) is 0 Å². The SMILES string of the molecule is CCC(c1ccc(C)cc1)(c1ccccc1C)c1ccccc1C. The molecule has 0 unspecified atom stereocenters. The maximum absolute atomic E-state index is 2.30. The predicted molar refractivity (Wildman–Crippen MR) is 104 cm³/mol. The van der Waals surface area contributed by atoms with Gasteiger partial charge < -0.3 is 0 Å². The Bertz CT molecular complexity index is 779. The fourth-order valence-electron chi connectivity index (χ4n) is 3.98. The standard InChI is InChI=1S/C24H26/c1-5-24(21-16-14-18(2)15-17-21,22-12-8-6-10-19(22)3)23-13-9-7-11-20(23)4/h6-17H,5H2,1-4H3. The molecule has 3 aromatic carbocycles. The molecule has 24 heavy (non-hydrogen) atoms. The minimum Gasteiger partial charge on any atom is -0.0639 e. The zero-order valence-corrected chi connectivity index (χ0v) is 15.1. The van der Waals surface area contributed by atoms with Crippen LogP contribution in [0.1, 0.15) is 46.7 Å². The van der Waals surface area contributed by atoms with Crippen molar-refractivity contribution in [3.8, 4) is 0 Å². The summed E-state index contributed by atoms with van der Waals surface area (Å²) < 4.78 is 0. The second-order valence-electron chi connectivity index (χ2n) is 6.75. The molecule has 0 bridgehead atoms.